The number of hydrogen-bond acceptors (Lipinski definition) is 8. The van der Waals surface area contributed by atoms with E-state index >= 15 is 0 Å². The topological polar surface area (TPSA) is 120 Å². The molecule has 2 unspecified atom stereocenters. The summed E-state index contributed by atoms with van der Waals surface area (Å²) in [4.78, 5) is 24.3. The van der Waals surface area contributed by atoms with E-state index in [0.29, 0.717) is 6.54 Å². The lowest BCUT2D eigenvalue weighted by atomic mass is 10.3. The fraction of sp³-hybridized carbons (Fsp3) is 0.316. The van der Waals surface area contributed by atoms with E-state index in [1.54, 1.807) is 30.3 Å². The van der Waals surface area contributed by atoms with E-state index < -0.39 is 24.7 Å². The molecule has 162 valence electrons. The number of likely N-dealkylation sites (N-methyl/N-ethyl adjacent to an activating group) is 1. The van der Waals surface area contributed by atoms with Crippen LogP contribution in [0.4, 0.5) is 5.69 Å². The van der Waals surface area contributed by atoms with Crippen LogP contribution in [0.2, 0.25) is 0 Å². The van der Waals surface area contributed by atoms with Crippen LogP contribution in [0.5, 0.6) is 11.5 Å². The molecule has 0 aliphatic heterocycles. The molecule has 0 saturated carbocycles. The molecule has 0 saturated heterocycles. The summed E-state index contributed by atoms with van der Waals surface area (Å²) in [5, 5.41) is 13.4. The van der Waals surface area contributed by atoms with Crippen molar-refractivity contribution in [3.8, 4) is 11.5 Å². The standard InChI is InChI=1S/C19H24N3O7P/c1-15(19(23)27-14-13-21(2)3)20-30(26,28-17-7-5-4-6-8-17)29-18-11-9-16(10-12-18)22(24)25/h4-12,15H,13-14H2,1-3H3,(H,20,26). The zero-order chi connectivity index (χ0) is 22.1. The van der Waals surface area contributed by atoms with Crippen LogP contribution in [0.15, 0.2) is 54.6 Å². The zero-order valence-electron chi connectivity index (χ0n) is 16.9. The Balaban J connectivity index is 2.15. The van der Waals surface area contributed by atoms with Crippen molar-refractivity contribution in [1.82, 2.24) is 9.99 Å². The maximum atomic E-state index is 13.4. The smallest absolute Gasteiger partial charge is 0.463 e. The van der Waals surface area contributed by atoms with Crippen LogP contribution in [0, 0.1) is 10.1 Å². The Hall–Kier alpha value is -2.94. The molecule has 0 aromatic heterocycles. The summed E-state index contributed by atoms with van der Waals surface area (Å²) in [6.45, 7) is 2.18. The number of hydrogen-bond donors (Lipinski definition) is 1. The number of nitro groups is 1. The fourth-order valence-corrected chi connectivity index (χ4v) is 3.72. The average molecular weight is 437 g/mol. The highest BCUT2D eigenvalue weighted by molar-refractivity contribution is 7.52. The monoisotopic (exact) mass is 437 g/mol. The van der Waals surface area contributed by atoms with Crippen molar-refractivity contribution in [3.05, 3.63) is 64.7 Å². The van der Waals surface area contributed by atoms with Crippen molar-refractivity contribution in [2.24, 2.45) is 0 Å². The largest absolute Gasteiger partial charge is 0.513 e. The highest BCUT2D eigenvalue weighted by Crippen LogP contribution is 2.45. The van der Waals surface area contributed by atoms with Crippen LogP contribution in [0.3, 0.4) is 0 Å². The van der Waals surface area contributed by atoms with Gasteiger partial charge in [0.15, 0.2) is 0 Å². The third-order valence-electron chi connectivity index (χ3n) is 3.73. The Bertz CT molecular complexity index is 891. The number of nitrogens with one attached hydrogen (secondary N) is 1. The minimum absolute atomic E-state index is 0.0699. The van der Waals surface area contributed by atoms with Gasteiger partial charge in [-0.1, -0.05) is 18.2 Å². The summed E-state index contributed by atoms with van der Waals surface area (Å²) >= 11 is 0. The van der Waals surface area contributed by atoms with Crippen molar-refractivity contribution in [2.75, 3.05) is 27.2 Å². The van der Waals surface area contributed by atoms with Crippen LogP contribution >= 0.6 is 7.75 Å². The number of nitro benzene ring substituents is 1. The molecule has 10 nitrogen and oxygen atoms in total. The second-order valence-corrected chi connectivity index (χ2v) is 8.18. The van der Waals surface area contributed by atoms with Gasteiger partial charge in [-0.05, 0) is 45.3 Å². The summed E-state index contributed by atoms with van der Waals surface area (Å²) < 4.78 is 29.5. The number of benzene rings is 2. The first-order valence-corrected chi connectivity index (χ1v) is 10.6. The molecule has 0 bridgehead atoms. The molecule has 0 heterocycles. The van der Waals surface area contributed by atoms with Crippen molar-refractivity contribution in [2.45, 2.75) is 13.0 Å². The first-order valence-electron chi connectivity index (χ1n) is 9.06. The lowest BCUT2D eigenvalue weighted by molar-refractivity contribution is -0.384. The molecule has 0 aliphatic rings. The summed E-state index contributed by atoms with van der Waals surface area (Å²) in [5.41, 5.74) is -0.146. The van der Waals surface area contributed by atoms with Crippen molar-refractivity contribution in [1.29, 1.82) is 0 Å². The molecule has 0 fully saturated rings. The minimum atomic E-state index is -4.09. The number of carbonyl (C=O) groups excluding carboxylic acids is 1. The molecule has 2 aromatic carbocycles. The van der Waals surface area contributed by atoms with Gasteiger partial charge < -0.3 is 18.7 Å². The number of para-hydroxylation sites is 1. The van der Waals surface area contributed by atoms with Gasteiger partial charge in [0.25, 0.3) is 5.69 Å². The van der Waals surface area contributed by atoms with E-state index in [9.17, 15) is 19.5 Å². The van der Waals surface area contributed by atoms with Crippen molar-refractivity contribution in [3.63, 3.8) is 0 Å². The highest BCUT2D eigenvalue weighted by atomic mass is 31.2. The van der Waals surface area contributed by atoms with Crippen LogP contribution in [0.25, 0.3) is 0 Å². The average Bonchev–Trinajstić information content (AvgIpc) is 2.68. The number of rotatable bonds is 11. The van der Waals surface area contributed by atoms with Gasteiger partial charge in [-0.3, -0.25) is 14.9 Å². The molecular formula is C19H24N3O7P. The van der Waals surface area contributed by atoms with Crippen LogP contribution in [-0.4, -0.2) is 49.1 Å². The summed E-state index contributed by atoms with van der Waals surface area (Å²) in [7, 11) is -0.409. The zero-order valence-corrected chi connectivity index (χ0v) is 17.8. The first kappa shape index (κ1) is 23.3. The van der Waals surface area contributed by atoms with Gasteiger partial charge in [0.05, 0.1) is 4.92 Å². The molecule has 2 rings (SSSR count). The summed E-state index contributed by atoms with van der Waals surface area (Å²) in [6.07, 6.45) is 0. The van der Waals surface area contributed by atoms with E-state index in [2.05, 4.69) is 5.09 Å². The van der Waals surface area contributed by atoms with E-state index in [1.165, 1.54) is 31.2 Å². The predicted molar refractivity (Wildman–Crippen MR) is 111 cm³/mol. The number of carbonyl (C=O) groups is 1. The molecule has 0 aliphatic carbocycles. The molecule has 1 N–H and O–H groups in total. The predicted octanol–water partition coefficient (Wildman–Crippen LogP) is 3.24. The third kappa shape index (κ3) is 7.47. The lowest BCUT2D eigenvalue weighted by Crippen LogP contribution is -2.36. The maximum Gasteiger partial charge on any atom is 0.513 e. The fourth-order valence-electron chi connectivity index (χ4n) is 2.20. The van der Waals surface area contributed by atoms with Gasteiger partial charge in [0, 0.05) is 18.7 Å². The molecule has 2 aromatic rings. The molecule has 11 heteroatoms. The molecule has 0 spiro atoms. The number of esters is 1. The van der Waals surface area contributed by atoms with Crippen LogP contribution < -0.4 is 14.1 Å². The third-order valence-corrected chi connectivity index (χ3v) is 5.34. The Morgan fingerprint density at radius 3 is 2.20 bits per heavy atom. The second kappa shape index (κ2) is 10.7. The molecule has 0 radical (unpaired) electrons. The molecular weight excluding hydrogens is 413 g/mol. The number of non-ortho nitro benzene ring substituents is 1. The Labute approximate surface area is 174 Å². The van der Waals surface area contributed by atoms with Gasteiger partial charge in [-0.25, -0.2) is 4.57 Å². The van der Waals surface area contributed by atoms with E-state index in [-0.39, 0.29) is 23.8 Å². The molecule has 0 amide bonds. The number of ether oxygens (including phenoxy) is 1. The number of nitrogens with zero attached hydrogens (tertiary/aromatic N) is 2. The molecule has 2 atom stereocenters. The summed E-state index contributed by atoms with van der Waals surface area (Å²) in [6, 6.07) is 12.3. The van der Waals surface area contributed by atoms with Crippen molar-refractivity contribution < 1.29 is 28.1 Å². The van der Waals surface area contributed by atoms with Crippen molar-refractivity contribution >= 4 is 19.4 Å². The van der Waals surface area contributed by atoms with Gasteiger partial charge in [0.1, 0.15) is 24.1 Å². The van der Waals surface area contributed by atoms with Crippen LogP contribution in [-0.2, 0) is 14.1 Å². The van der Waals surface area contributed by atoms with E-state index in [1.807, 2.05) is 19.0 Å². The Morgan fingerprint density at radius 1 is 1.10 bits per heavy atom. The SMILES string of the molecule is CC(NP(=O)(Oc1ccccc1)Oc1ccc([N+](=O)[O-])cc1)C(=O)OCCN(C)C. The van der Waals surface area contributed by atoms with Gasteiger partial charge >= 0.3 is 13.7 Å². The van der Waals surface area contributed by atoms with Gasteiger partial charge in [0.2, 0.25) is 0 Å². The van der Waals surface area contributed by atoms with E-state index in [0.717, 1.165) is 0 Å². The second-order valence-electron chi connectivity index (χ2n) is 6.57. The lowest BCUT2D eigenvalue weighted by Gasteiger charge is -2.23. The highest BCUT2D eigenvalue weighted by Gasteiger charge is 2.34. The Morgan fingerprint density at radius 2 is 1.67 bits per heavy atom. The first-order chi connectivity index (χ1) is 14.2. The van der Waals surface area contributed by atoms with E-state index in [4.69, 9.17) is 13.8 Å². The van der Waals surface area contributed by atoms with Gasteiger partial charge in [-0.2, -0.15) is 5.09 Å². The Kier molecular flexibility index (Phi) is 8.35. The van der Waals surface area contributed by atoms with Gasteiger partial charge in [-0.15, -0.1) is 0 Å². The maximum absolute atomic E-state index is 13.4. The summed E-state index contributed by atoms with van der Waals surface area (Å²) in [5.74, 6) is -0.301. The molecule has 30 heavy (non-hydrogen) atoms. The van der Waals surface area contributed by atoms with Crippen LogP contribution in [0.1, 0.15) is 6.92 Å². The normalized spacial score (nSPS) is 13.9. The quantitative estimate of drug-likeness (QED) is 0.244. The minimum Gasteiger partial charge on any atom is -0.463 e.